The molecule has 2 aliphatic rings. The third-order valence-corrected chi connectivity index (χ3v) is 4.84. The molecule has 2 atom stereocenters. The van der Waals surface area contributed by atoms with Crippen molar-refractivity contribution in [1.82, 2.24) is 10.2 Å². The van der Waals surface area contributed by atoms with Crippen LogP contribution in [-0.2, 0) is 0 Å². The summed E-state index contributed by atoms with van der Waals surface area (Å²) in [4.78, 5) is 2.55. The zero-order valence-corrected chi connectivity index (χ0v) is 11.4. The van der Waals surface area contributed by atoms with Gasteiger partial charge in [-0.2, -0.15) is 10.2 Å². The predicted octanol–water partition coefficient (Wildman–Crippen LogP) is 3.37. The second-order valence-corrected chi connectivity index (χ2v) is 6.23. The Morgan fingerprint density at radius 1 is 1.11 bits per heavy atom. The molecule has 2 aromatic rings. The number of piperidine rings is 1. The minimum atomic E-state index is 0.342. The molecule has 0 saturated carbocycles. The average Bonchev–Trinajstić information content (AvgIpc) is 2.70. The molecule has 1 aromatic heterocycles. The van der Waals surface area contributed by atoms with Gasteiger partial charge in [0, 0.05) is 22.8 Å². The maximum Gasteiger partial charge on any atom is 0.0950 e. The molecule has 0 spiro atoms. The standard InChI is InChI=1S/C15H16ClN3/c16-10-7-11-5-6-12(8-10)19(11)15-9-17-18-14-4-2-1-3-13(14)15/h1-4,9-12H,5-8H2. The lowest BCUT2D eigenvalue weighted by molar-refractivity contribution is 0.475. The number of fused-ring (bicyclic) bond motifs is 3. The summed E-state index contributed by atoms with van der Waals surface area (Å²) in [5.41, 5.74) is 2.22. The lowest BCUT2D eigenvalue weighted by atomic mass is 10.0. The van der Waals surface area contributed by atoms with Crippen LogP contribution in [0.5, 0.6) is 0 Å². The molecule has 2 bridgehead atoms. The van der Waals surface area contributed by atoms with Gasteiger partial charge in [-0.25, -0.2) is 0 Å². The summed E-state index contributed by atoms with van der Waals surface area (Å²) in [6.45, 7) is 0. The Kier molecular flexibility index (Phi) is 2.62. The van der Waals surface area contributed by atoms with Gasteiger partial charge in [-0.05, 0) is 31.7 Å². The minimum absolute atomic E-state index is 0.342. The summed E-state index contributed by atoms with van der Waals surface area (Å²) < 4.78 is 0. The van der Waals surface area contributed by atoms with Gasteiger partial charge in [0.25, 0.3) is 0 Å². The highest BCUT2D eigenvalue weighted by Gasteiger charge is 2.40. The van der Waals surface area contributed by atoms with Gasteiger partial charge in [-0.3, -0.25) is 0 Å². The van der Waals surface area contributed by atoms with E-state index in [9.17, 15) is 0 Å². The zero-order valence-electron chi connectivity index (χ0n) is 10.7. The molecule has 0 aliphatic carbocycles. The van der Waals surface area contributed by atoms with Gasteiger partial charge < -0.3 is 4.90 Å². The minimum Gasteiger partial charge on any atom is -0.364 e. The van der Waals surface area contributed by atoms with E-state index in [1.165, 1.54) is 23.9 Å². The largest absolute Gasteiger partial charge is 0.364 e. The summed E-state index contributed by atoms with van der Waals surface area (Å²) in [5, 5.41) is 9.95. The summed E-state index contributed by atoms with van der Waals surface area (Å²) in [5.74, 6) is 0. The van der Waals surface area contributed by atoms with E-state index in [-0.39, 0.29) is 0 Å². The number of aromatic nitrogens is 2. The van der Waals surface area contributed by atoms with Crippen LogP contribution in [0.15, 0.2) is 30.5 Å². The quantitative estimate of drug-likeness (QED) is 0.746. The van der Waals surface area contributed by atoms with E-state index in [0.717, 1.165) is 18.4 Å². The predicted molar refractivity (Wildman–Crippen MR) is 77.7 cm³/mol. The molecule has 3 heterocycles. The Morgan fingerprint density at radius 3 is 2.63 bits per heavy atom. The van der Waals surface area contributed by atoms with Gasteiger partial charge >= 0.3 is 0 Å². The lowest BCUT2D eigenvalue weighted by Crippen LogP contribution is -2.43. The van der Waals surface area contributed by atoms with E-state index in [2.05, 4.69) is 27.2 Å². The van der Waals surface area contributed by atoms with Gasteiger partial charge in [0.05, 0.1) is 17.4 Å². The fraction of sp³-hybridized carbons (Fsp3) is 0.467. The molecular weight excluding hydrogens is 258 g/mol. The summed E-state index contributed by atoms with van der Waals surface area (Å²) in [7, 11) is 0. The second kappa shape index (κ2) is 4.34. The van der Waals surface area contributed by atoms with Crippen molar-refractivity contribution in [3.8, 4) is 0 Å². The van der Waals surface area contributed by atoms with Crippen molar-refractivity contribution in [2.24, 2.45) is 0 Å². The van der Waals surface area contributed by atoms with Crippen LogP contribution in [0.25, 0.3) is 10.9 Å². The first-order valence-corrected chi connectivity index (χ1v) is 7.39. The van der Waals surface area contributed by atoms with Crippen molar-refractivity contribution < 1.29 is 0 Å². The van der Waals surface area contributed by atoms with Crippen LogP contribution in [0.1, 0.15) is 25.7 Å². The highest BCUT2D eigenvalue weighted by Crippen LogP contribution is 2.42. The third kappa shape index (κ3) is 1.79. The number of alkyl halides is 1. The van der Waals surface area contributed by atoms with Crippen LogP contribution in [-0.4, -0.2) is 27.7 Å². The van der Waals surface area contributed by atoms with Crippen LogP contribution < -0.4 is 4.90 Å². The van der Waals surface area contributed by atoms with Crippen LogP contribution in [0.4, 0.5) is 5.69 Å². The Balaban J connectivity index is 1.83. The molecule has 2 fully saturated rings. The van der Waals surface area contributed by atoms with Crippen molar-refractivity contribution in [3.05, 3.63) is 30.5 Å². The van der Waals surface area contributed by atoms with E-state index < -0.39 is 0 Å². The Morgan fingerprint density at radius 2 is 1.84 bits per heavy atom. The number of nitrogens with zero attached hydrogens (tertiary/aromatic N) is 3. The summed E-state index contributed by atoms with van der Waals surface area (Å²) >= 11 is 6.36. The summed E-state index contributed by atoms with van der Waals surface area (Å²) in [6, 6.07) is 9.42. The van der Waals surface area contributed by atoms with Crippen molar-refractivity contribution in [2.75, 3.05) is 4.90 Å². The number of rotatable bonds is 1. The first-order chi connectivity index (χ1) is 9.33. The van der Waals surface area contributed by atoms with E-state index in [4.69, 9.17) is 11.6 Å². The fourth-order valence-corrected chi connectivity index (χ4v) is 4.11. The first kappa shape index (κ1) is 11.5. The zero-order chi connectivity index (χ0) is 12.8. The second-order valence-electron chi connectivity index (χ2n) is 5.61. The van der Waals surface area contributed by atoms with E-state index in [1.54, 1.807) is 0 Å². The van der Waals surface area contributed by atoms with Gasteiger partial charge in [-0.1, -0.05) is 18.2 Å². The molecule has 19 heavy (non-hydrogen) atoms. The van der Waals surface area contributed by atoms with Gasteiger partial charge in [-0.15, -0.1) is 11.6 Å². The molecule has 3 nitrogen and oxygen atoms in total. The number of halogens is 1. The Labute approximate surface area is 117 Å². The van der Waals surface area contributed by atoms with Gasteiger partial charge in [0.2, 0.25) is 0 Å². The normalized spacial score (nSPS) is 29.9. The van der Waals surface area contributed by atoms with Gasteiger partial charge in [0.1, 0.15) is 0 Å². The molecule has 4 heteroatoms. The molecule has 0 N–H and O–H groups in total. The van der Waals surface area contributed by atoms with Crippen LogP contribution in [0.2, 0.25) is 0 Å². The monoisotopic (exact) mass is 273 g/mol. The van der Waals surface area contributed by atoms with Crippen molar-refractivity contribution in [2.45, 2.75) is 43.1 Å². The third-order valence-electron chi connectivity index (χ3n) is 4.48. The van der Waals surface area contributed by atoms with Crippen LogP contribution in [0.3, 0.4) is 0 Å². The SMILES string of the molecule is ClC1CC2CCC(C1)N2c1cnnc2ccccc12. The number of hydrogen-bond donors (Lipinski definition) is 0. The molecule has 0 radical (unpaired) electrons. The van der Waals surface area contributed by atoms with E-state index >= 15 is 0 Å². The molecule has 2 aliphatic heterocycles. The molecule has 1 aromatic carbocycles. The van der Waals surface area contributed by atoms with Crippen LogP contribution >= 0.6 is 11.6 Å². The van der Waals surface area contributed by atoms with Crippen molar-refractivity contribution in [1.29, 1.82) is 0 Å². The maximum atomic E-state index is 6.36. The number of anilines is 1. The van der Waals surface area contributed by atoms with Crippen molar-refractivity contribution >= 4 is 28.2 Å². The van der Waals surface area contributed by atoms with Crippen molar-refractivity contribution in [3.63, 3.8) is 0 Å². The summed E-state index contributed by atoms with van der Waals surface area (Å²) in [6.07, 6.45) is 6.61. The topological polar surface area (TPSA) is 29.0 Å². The fourth-order valence-electron chi connectivity index (χ4n) is 3.70. The number of hydrogen-bond acceptors (Lipinski definition) is 3. The molecular formula is C15H16ClN3. The molecule has 0 amide bonds. The molecule has 2 saturated heterocycles. The maximum absolute atomic E-state index is 6.36. The molecule has 98 valence electrons. The average molecular weight is 274 g/mol. The van der Waals surface area contributed by atoms with E-state index in [1.807, 2.05) is 18.3 Å². The first-order valence-electron chi connectivity index (χ1n) is 6.96. The lowest BCUT2D eigenvalue weighted by Gasteiger charge is -2.39. The van der Waals surface area contributed by atoms with Gasteiger partial charge in [0.15, 0.2) is 0 Å². The highest BCUT2D eigenvalue weighted by atomic mass is 35.5. The number of benzene rings is 1. The molecule has 4 rings (SSSR count). The van der Waals surface area contributed by atoms with Crippen LogP contribution in [0, 0.1) is 0 Å². The highest BCUT2D eigenvalue weighted by molar-refractivity contribution is 6.20. The Hall–Kier alpha value is -1.35. The van der Waals surface area contributed by atoms with E-state index in [0.29, 0.717) is 17.5 Å². The smallest absolute Gasteiger partial charge is 0.0950 e. The molecule has 2 unspecified atom stereocenters. The Bertz CT molecular complexity index is 596.